The molecule has 1 aliphatic rings. The number of aromatic amines is 1. The molecule has 136 valence electrons. The topological polar surface area (TPSA) is 58.0 Å². The third kappa shape index (κ3) is 3.26. The van der Waals surface area contributed by atoms with E-state index in [0.29, 0.717) is 17.7 Å². The molecule has 2 aromatic carbocycles. The number of nitrogens with zero attached hydrogens (tertiary/aromatic N) is 3. The molecule has 0 radical (unpaired) electrons. The van der Waals surface area contributed by atoms with Gasteiger partial charge in [-0.2, -0.15) is 0 Å². The lowest BCUT2D eigenvalue weighted by Crippen LogP contribution is -2.32. The molecule has 1 fully saturated rings. The fourth-order valence-electron chi connectivity index (χ4n) is 4.04. The average molecular weight is 358 g/mol. The summed E-state index contributed by atoms with van der Waals surface area (Å²) < 4.78 is 5.86. The number of H-pyrrole nitrogens is 1. The van der Waals surface area contributed by atoms with Gasteiger partial charge >= 0.3 is 0 Å². The lowest BCUT2D eigenvalue weighted by molar-refractivity contribution is 0.188. The Hall–Kier alpha value is -2.92. The minimum Gasteiger partial charge on any atom is -0.419 e. The number of rotatable bonds is 4. The highest BCUT2D eigenvalue weighted by molar-refractivity contribution is 5.83. The third-order valence-corrected chi connectivity index (χ3v) is 5.50. The standard InChI is InChI=1S/C22H22N4O/c1-2-6-17(7-3-1)22-25-24-21(27-22)15-26-12-10-16(11-13-26)19-14-23-20-9-5-4-8-18(19)20/h1-9,14,16,23H,10-13,15H2. The van der Waals surface area contributed by atoms with Crippen LogP contribution in [0.5, 0.6) is 0 Å². The molecule has 4 aromatic rings. The number of para-hydroxylation sites is 1. The zero-order chi connectivity index (χ0) is 18.1. The fourth-order valence-corrected chi connectivity index (χ4v) is 4.04. The molecule has 27 heavy (non-hydrogen) atoms. The third-order valence-electron chi connectivity index (χ3n) is 5.50. The van der Waals surface area contributed by atoms with Crippen molar-refractivity contribution in [3.8, 4) is 11.5 Å². The maximum absolute atomic E-state index is 5.86. The molecule has 0 aliphatic carbocycles. The van der Waals surface area contributed by atoms with Crippen LogP contribution in [0.2, 0.25) is 0 Å². The molecular formula is C22H22N4O. The number of nitrogens with one attached hydrogen (secondary N) is 1. The summed E-state index contributed by atoms with van der Waals surface area (Å²) in [5.74, 6) is 1.90. The number of benzene rings is 2. The van der Waals surface area contributed by atoms with E-state index < -0.39 is 0 Å². The minimum absolute atomic E-state index is 0.597. The smallest absolute Gasteiger partial charge is 0.247 e. The molecule has 1 N–H and O–H groups in total. The molecule has 0 amide bonds. The van der Waals surface area contributed by atoms with Crippen LogP contribution in [0, 0.1) is 0 Å². The highest BCUT2D eigenvalue weighted by Crippen LogP contribution is 2.33. The van der Waals surface area contributed by atoms with Crippen molar-refractivity contribution in [1.29, 1.82) is 0 Å². The van der Waals surface area contributed by atoms with Crippen LogP contribution in [0.4, 0.5) is 0 Å². The van der Waals surface area contributed by atoms with E-state index in [1.165, 1.54) is 16.5 Å². The second kappa shape index (κ2) is 7.00. The lowest BCUT2D eigenvalue weighted by atomic mass is 9.89. The van der Waals surface area contributed by atoms with Gasteiger partial charge < -0.3 is 9.40 Å². The van der Waals surface area contributed by atoms with Crippen molar-refractivity contribution in [2.24, 2.45) is 0 Å². The van der Waals surface area contributed by atoms with Crippen LogP contribution in [0.3, 0.4) is 0 Å². The average Bonchev–Trinajstić information content (AvgIpc) is 3.37. The van der Waals surface area contributed by atoms with Crippen molar-refractivity contribution in [2.45, 2.75) is 25.3 Å². The number of hydrogen-bond donors (Lipinski definition) is 1. The quantitative estimate of drug-likeness (QED) is 0.579. The summed E-state index contributed by atoms with van der Waals surface area (Å²) in [5.41, 5.74) is 3.65. The number of piperidine rings is 1. The van der Waals surface area contributed by atoms with Crippen molar-refractivity contribution in [2.75, 3.05) is 13.1 Å². The molecule has 1 aliphatic heterocycles. The summed E-state index contributed by atoms with van der Waals surface area (Å²) in [6.45, 7) is 2.82. The number of aromatic nitrogens is 3. The van der Waals surface area contributed by atoms with Crippen molar-refractivity contribution < 1.29 is 4.42 Å². The molecule has 1 saturated heterocycles. The van der Waals surface area contributed by atoms with E-state index in [1.54, 1.807) is 0 Å². The normalized spacial score (nSPS) is 16.1. The first-order valence-electron chi connectivity index (χ1n) is 9.53. The van der Waals surface area contributed by atoms with E-state index in [9.17, 15) is 0 Å². The Morgan fingerprint density at radius 3 is 2.59 bits per heavy atom. The number of likely N-dealkylation sites (tertiary alicyclic amines) is 1. The summed E-state index contributed by atoms with van der Waals surface area (Å²) in [5, 5.41) is 9.79. The van der Waals surface area contributed by atoms with Gasteiger partial charge in [0.05, 0.1) is 6.54 Å². The highest BCUT2D eigenvalue weighted by atomic mass is 16.4. The maximum atomic E-state index is 5.86. The molecular weight excluding hydrogens is 336 g/mol. The lowest BCUT2D eigenvalue weighted by Gasteiger charge is -2.30. The minimum atomic E-state index is 0.597. The molecule has 0 spiro atoms. The fraction of sp³-hybridized carbons (Fsp3) is 0.273. The Balaban J connectivity index is 1.23. The van der Waals surface area contributed by atoms with Gasteiger partial charge in [0.1, 0.15) is 0 Å². The zero-order valence-electron chi connectivity index (χ0n) is 15.1. The van der Waals surface area contributed by atoms with Crippen LogP contribution in [-0.2, 0) is 6.54 Å². The predicted molar refractivity (Wildman–Crippen MR) is 105 cm³/mol. The largest absolute Gasteiger partial charge is 0.419 e. The van der Waals surface area contributed by atoms with Gasteiger partial charge in [-0.05, 0) is 55.6 Å². The predicted octanol–water partition coefficient (Wildman–Crippen LogP) is 4.60. The van der Waals surface area contributed by atoms with E-state index >= 15 is 0 Å². The van der Waals surface area contributed by atoms with Crippen molar-refractivity contribution >= 4 is 10.9 Å². The van der Waals surface area contributed by atoms with Gasteiger partial charge in [-0.15, -0.1) is 10.2 Å². The Kier molecular flexibility index (Phi) is 4.22. The number of fused-ring (bicyclic) bond motifs is 1. The van der Waals surface area contributed by atoms with Gasteiger partial charge in [0.15, 0.2) is 0 Å². The Morgan fingerprint density at radius 2 is 1.74 bits per heavy atom. The van der Waals surface area contributed by atoms with Crippen LogP contribution < -0.4 is 0 Å². The summed E-state index contributed by atoms with van der Waals surface area (Å²) in [4.78, 5) is 5.82. The maximum Gasteiger partial charge on any atom is 0.247 e. The van der Waals surface area contributed by atoms with Crippen molar-refractivity contribution in [3.05, 3.63) is 72.2 Å². The summed E-state index contributed by atoms with van der Waals surface area (Å²) in [6.07, 6.45) is 4.50. The van der Waals surface area contributed by atoms with Crippen LogP contribution in [0.15, 0.2) is 65.2 Å². The van der Waals surface area contributed by atoms with Crippen LogP contribution in [0.1, 0.15) is 30.2 Å². The van der Waals surface area contributed by atoms with E-state index in [-0.39, 0.29) is 0 Å². The first-order valence-corrected chi connectivity index (χ1v) is 9.53. The van der Waals surface area contributed by atoms with Gasteiger partial charge in [0.25, 0.3) is 0 Å². The van der Waals surface area contributed by atoms with Crippen molar-refractivity contribution in [1.82, 2.24) is 20.1 Å². The summed E-state index contributed by atoms with van der Waals surface area (Å²) >= 11 is 0. The van der Waals surface area contributed by atoms with E-state index in [4.69, 9.17) is 4.42 Å². The Bertz CT molecular complexity index is 1030. The van der Waals surface area contributed by atoms with Gasteiger partial charge in [-0.25, -0.2) is 0 Å². The molecule has 5 nitrogen and oxygen atoms in total. The first-order chi connectivity index (χ1) is 13.4. The monoisotopic (exact) mass is 358 g/mol. The molecule has 2 aromatic heterocycles. The summed E-state index contributed by atoms with van der Waals surface area (Å²) in [6, 6.07) is 18.5. The van der Waals surface area contributed by atoms with E-state index in [2.05, 4.69) is 50.5 Å². The summed E-state index contributed by atoms with van der Waals surface area (Å²) in [7, 11) is 0. The first kappa shape index (κ1) is 16.3. The molecule has 3 heterocycles. The SMILES string of the molecule is c1ccc(-c2nnc(CN3CCC(c4c[nH]c5ccccc45)CC3)o2)cc1. The highest BCUT2D eigenvalue weighted by Gasteiger charge is 2.24. The molecule has 5 rings (SSSR count). The van der Waals surface area contributed by atoms with Crippen LogP contribution in [-0.4, -0.2) is 33.2 Å². The van der Waals surface area contributed by atoms with Crippen LogP contribution in [0.25, 0.3) is 22.4 Å². The van der Waals surface area contributed by atoms with Gasteiger partial charge in [-0.3, -0.25) is 4.90 Å². The molecule has 5 heteroatoms. The second-order valence-electron chi connectivity index (χ2n) is 7.21. The Labute approximate surface area is 158 Å². The van der Waals surface area contributed by atoms with E-state index in [1.807, 2.05) is 30.3 Å². The van der Waals surface area contributed by atoms with Gasteiger partial charge in [0.2, 0.25) is 11.8 Å². The Morgan fingerprint density at radius 1 is 0.963 bits per heavy atom. The van der Waals surface area contributed by atoms with Crippen molar-refractivity contribution in [3.63, 3.8) is 0 Å². The number of hydrogen-bond acceptors (Lipinski definition) is 4. The molecule has 0 atom stereocenters. The zero-order valence-corrected chi connectivity index (χ0v) is 15.1. The second-order valence-corrected chi connectivity index (χ2v) is 7.21. The molecule has 0 bridgehead atoms. The van der Waals surface area contributed by atoms with Gasteiger partial charge in [0, 0.05) is 22.7 Å². The molecule has 0 unspecified atom stereocenters. The van der Waals surface area contributed by atoms with E-state index in [0.717, 1.165) is 38.0 Å². The van der Waals surface area contributed by atoms with Gasteiger partial charge in [-0.1, -0.05) is 36.4 Å². The van der Waals surface area contributed by atoms with Crippen LogP contribution >= 0.6 is 0 Å². The molecule has 0 saturated carbocycles.